The van der Waals surface area contributed by atoms with Crippen LogP contribution in [0.25, 0.3) is 0 Å². The van der Waals surface area contributed by atoms with Crippen molar-refractivity contribution in [2.75, 3.05) is 0 Å². The van der Waals surface area contributed by atoms with Crippen molar-refractivity contribution < 1.29 is 0 Å². The van der Waals surface area contributed by atoms with E-state index in [-0.39, 0.29) is 0 Å². The van der Waals surface area contributed by atoms with Gasteiger partial charge < -0.3 is 0 Å². The fourth-order valence-electron chi connectivity index (χ4n) is 1.57. The van der Waals surface area contributed by atoms with Gasteiger partial charge in [-0.05, 0) is 18.8 Å². The third-order valence-electron chi connectivity index (χ3n) is 2.48. The molecule has 0 radical (unpaired) electrons. The predicted octanol–water partition coefficient (Wildman–Crippen LogP) is -0.401. The largest absolute Gasteiger partial charge is 0.271 e. The van der Waals surface area contributed by atoms with Crippen molar-refractivity contribution in [3.05, 3.63) is 11.9 Å². The number of aromatic nitrogens is 3. The minimum Gasteiger partial charge on any atom is -0.271 e. The molecule has 0 bridgehead atoms. The highest BCUT2D eigenvalue weighted by Gasteiger charge is 2.30. The first-order valence-corrected chi connectivity index (χ1v) is 4.61. The molecule has 1 atom stereocenters. The van der Waals surface area contributed by atoms with Gasteiger partial charge in [-0.25, -0.2) is 0 Å². The monoisotopic (exact) mass is 181 g/mol. The van der Waals surface area contributed by atoms with Crippen LogP contribution in [0.3, 0.4) is 0 Å². The van der Waals surface area contributed by atoms with E-state index in [1.165, 1.54) is 12.8 Å². The molecule has 1 fully saturated rings. The number of rotatable bonds is 4. The van der Waals surface area contributed by atoms with Gasteiger partial charge in [-0.15, -0.1) is 5.10 Å². The summed E-state index contributed by atoms with van der Waals surface area (Å²) >= 11 is 0. The molecule has 1 aliphatic carbocycles. The third-order valence-corrected chi connectivity index (χ3v) is 2.48. The molecule has 2 rings (SSSR count). The predicted molar refractivity (Wildman–Crippen MR) is 48.5 cm³/mol. The van der Waals surface area contributed by atoms with Gasteiger partial charge >= 0.3 is 0 Å². The summed E-state index contributed by atoms with van der Waals surface area (Å²) in [6.07, 6.45) is 5.39. The summed E-state index contributed by atoms with van der Waals surface area (Å²) in [5.74, 6) is 6.21. The molecule has 1 saturated carbocycles. The number of aryl methyl sites for hydroxylation is 1. The molecule has 0 aliphatic heterocycles. The first kappa shape index (κ1) is 8.65. The lowest BCUT2D eigenvalue weighted by molar-refractivity contribution is 0.468. The van der Waals surface area contributed by atoms with Crippen LogP contribution in [0.5, 0.6) is 0 Å². The zero-order chi connectivity index (χ0) is 9.26. The Morgan fingerprint density at radius 1 is 1.77 bits per heavy atom. The first-order valence-electron chi connectivity index (χ1n) is 4.61. The lowest BCUT2D eigenvalue weighted by atomic mass is 10.1. The average molecular weight is 181 g/mol. The van der Waals surface area contributed by atoms with Crippen LogP contribution >= 0.6 is 0 Å². The number of nitrogens with zero attached hydrogens (tertiary/aromatic N) is 3. The van der Waals surface area contributed by atoms with Crippen molar-refractivity contribution in [1.82, 2.24) is 20.4 Å². The van der Waals surface area contributed by atoms with Crippen LogP contribution < -0.4 is 11.3 Å². The zero-order valence-corrected chi connectivity index (χ0v) is 7.77. The highest BCUT2D eigenvalue weighted by molar-refractivity contribution is 4.99. The van der Waals surface area contributed by atoms with Crippen LogP contribution in [-0.4, -0.2) is 21.0 Å². The minimum atomic E-state index is 0.372. The Morgan fingerprint density at radius 2 is 2.54 bits per heavy atom. The molecule has 3 N–H and O–H groups in total. The SMILES string of the molecule is Cn1cc(CC(NN)C2CC2)nn1. The quantitative estimate of drug-likeness (QED) is 0.490. The second kappa shape index (κ2) is 3.43. The number of nitrogens with two attached hydrogens (primary N) is 1. The normalized spacial score (nSPS) is 18.9. The van der Waals surface area contributed by atoms with E-state index in [4.69, 9.17) is 5.84 Å². The number of nitrogens with one attached hydrogen (secondary N) is 1. The molecule has 0 saturated heterocycles. The average Bonchev–Trinajstić information content (AvgIpc) is 2.87. The Labute approximate surface area is 77.3 Å². The Balaban J connectivity index is 1.95. The molecule has 1 aliphatic rings. The second-order valence-electron chi connectivity index (χ2n) is 3.70. The topological polar surface area (TPSA) is 68.8 Å². The van der Waals surface area contributed by atoms with Gasteiger partial charge in [-0.1, -0.05) is 5.21 Å². The third kappa shape index (κ3) is 2.05. The summed E-state index contributed by atoms with van der Waals surface area (Å²) in [7, 11) is 1.87. The molecule has 5 heteroatoms. The van der Waals surface area contributed by atoms with E-state index in [1.807, 2.05) is 13.2 Å². The fourth-order valence-corrected chi connectivity index (χ4v) is 1.57. The van der Waals surface area contributed by atoms with Gasteiger partial charge in [0.05, 0.1) is 5.69 Å². The molecule has 1 aromatic heterocycles. The van der Waals surface area contributed by atoms with Crippen LogP contribution in [0.2, 0.25) is 0 Å². The summed E-state index contributed by atoms with van der Waals surface area (Å²) in [5, 5.41) is 7.91. The molecular formula is C8H15N5. The van der Waals surface area contributed by atoms with Crippen LogP contribution in [0.1, 0.15) is 18.5 Å². The summed E-state index contributed by atoms with van der Waals surface area (Å²) in [5.41, 5.74) is 3.86. The van der Waals surface area contributed by atoms with E-state index in [9.17, 15) is 0 Å². The Hall–Kier alpha value is -0.940. The van der Waals surface area contributed by atoms with Crippen LogP contribution in [-0.2, 0) is 13.5 Å². The number of hydrogen-bond acceptors (Lipinski definition) is 4. The smallest absolute Gasteiger partial charge is 0.0843 e. The molecule has 5 nitrogen and oxygen atoms in total. The molecule has 0 aromatic carbocycles. The van der Waals surface area contributed by atoms with Gasteiger partial charge in [0.25, 0.3) is 0 Å². The lowest BCUT2D eigenvalue weighted by Crippen LogP contribution is -2.38. The van der Waals surface area contributed by atoms with E-state index in [0.29, 0.717) is 6.04 Å². The Kier molecular flexibility index (Phi) is 2.28. The summed E-state index contributed by atoms with van der Waals surface area (Å²) in [6.45, 7) is 0. The van der Waals surface area contributed by atoms with Gasteiger partial charge in [-0.3, -0.25) is 16.0 Å². The van der Waals surface area contributed by atoms with E-state index in [0.717, 1.165) is 18.0 Å². The van der Waals surface area contributed by atoms with Crippen molar-refractivity contribution >= 4 is 0 Å². The van der Waals surface area contributed by atoms with Crippen molar-refractivity contribution in [2.24, 2.45) is 18.8 Å². The minimum absolute atomic E-state index is 0.372. The summed E-state index contributed by atoms with van der Waals surface area (Å²) in [6, 6.07) is 0.372. The van der Waals surface area contributed by atoms with Crippen molar-refractivity contribution in [3.63, 3.8) is 0 Å². The fraction of sp³-hybridized carbons (Fsp3) is 0.750. The maximum Gasteiger partial charge on any atom is 0.0843 e. The molecular weight excluding hydrogens is 166 g/mol. The van der Waals surface area contributed by atoms with Crippen LogP contribution in [0.4, 0.5) is 0 Å². The van der Waals surface area contributed by atoms with Crippen molar-refractivity contribution in [3.8, 4) is 0 Å². The van der Waals surface area contributed by atoms with Crippen LogP contribution in [0.15, 0.2) is 6.20 Å². The van der Waals surface area contributed by atoms with E-state index in [1.54, 1.807) is 4.68 Å². The van der Waals surface area contributed by atoms with Gasteiger partial charge in [0.2, 0.25) is 0 Å². The van der Waals surface area contributed by atoms with Crippen LogP contribution in [0, 0.1) is 5.92 Å². The highest BCUT2D eigenvalue weighted by Crippen LogP contribution is 2.33. The van der Waals surface area contributed by atoms with E-state index in [2.05, 4.69) is 15.7 Å². The van der Waals surface area contributed by atoms with Gasteiger partial charge in [-0.2, -0.15) is 0 Å². The Bertz CT molecular complexity index is 278. The molecule has 0 spiro atoms. The molecule has 13 heavy (non-hydrogen) atoms. The van der Waals surface area contributed by atoms with E-state index >= 15 is 0 Å². The van der Waals surface area contributed by atoms with Crippen molar-refractivity contribution in [2.45, 2.75) is 25.3 Å². The van der Waals surface area contributed by atoms with Gasteiger partial charge in [0, 0.05) is 25.7 Å². The molecule has 1 heterocycles. The molecule has 0 amide bonds. The number of hydrazine groups is 1. The first-order chi connectivity index (χ1) is 6.29. The standard InChI is InChI=1S/C8H15N5/c1-13-5-7(11-12-13)4-8(10-9)6-2-3-6/h5-6,8,10H,2-4,9H2,1H3. The van der Waals surface area contributed by atoms with Gasteiger partial charge in [0.15, 0.2) is 0 Å². The lowest BCUT2D eigenvalue weighted by Gasteiger charge is -2.12. The summed E-state index contributed by atoms with van der Waals surface area (Å²) in [4.78, 5) is 0. The second-order valence-corrected chi connectivity index (χ2v) is 3.70. The maximum atomic E-state index is 5.46. The highest BCUT2D eigenvalue weighted by atomic mass is 15.4. The van der Waals surface area contributed by atoms with Crippen molar-refractivity contribution in [1.29, 1.82) is 0 Å². The summed E-state index contributed by atoms with van der Waals surface area (Å²) < 4.78 is 1.72. The molecule has 1 unspecified atom stereocenters. The number of hydrogen-bond donors (Lipinski definition) is 2. The zero-order valence-electron chi connectivity index (χ0n) is 7.77. The Morgan fingerprint density at radius 3 is 3.00 bits per heavy atom. The van der Waals surface area contributed by atoms with Gasteiger partial charge in [0.1, 0.15) is 0 Å². The van der Waals surface area contributed by atoms with E-state index < -0.39 is 0 Å². The molecule has 1 aromatic rings. The molecule has 72 valence electrons. The maximum absolute atomic E-state index is 5.46.